The van der Waals surface area contributed by atoms with Crippen molar-refractivity contribution >= 4 is 79.2 Å². The Kier molecular flexibility index (Phi) is 6.20. The van der Waals surface area contributed by atoms with Crippen LogP contribution >= 0.6 is 0 Å². The maximum atomic E-state index is 6.18. The molecule has 0 saturated heterocycles. The highest BCUT2D eigenvalue weighted by Gasteiger charge is 2.45. The lowest BCUT2D eigenvalue weighted by atomic mass is 9.33. The van der Waals surface area contributed by atoms with E-state index >= 15 is 0 Å². The number of hydrogen-bond donors (Lipinski definition) is 0. The predicted molar refractivity (Wildman–Crippen MR) is 231 cm³/mol. The van der Waals surface area contributed by atoms with E-state index in [9.17, 15) is 0 Å². The number of hydrogen-bond acceptors (Lipinski definition) is 3. The summed E-state index contributed by atoms with van der Waals surface area (Å²) in [7, 11) is 0. The highest BCUT2D eigenvalue weighted by Crippen LogP contribution is 2.55. The van der Waals surface area contributed by atoms with Gasteiger partial charge >= 0.3 is 0 Å². The molecule has 0 bridgehead atoms. The molecule has 3 aliphatic rings. The molecular weight excluding hydrogens is 667 g/mol. The van der Waals surface area contributed by atoms with Crippen molar-refractivity contribution < 1.29 is 4.42 Å². The molecule has 0 amide bonds. The summed E-state index contributed by atoms with van der Waals surface area (Å²) in [6, 6.07) is 64.7. The molecule has 12 rings (SSSR count). The first-order chi connectivity index (χ1) is 27.1. The van der Waals surface area contributed by atoms with Crippen LogP contribution < -0.4 is 26.2 Å². The zero-order valence-electron chi connectivity index (χ0n) is 30.6. The van der Waals surface area contributed by atoms with E-state index in [0.29, 0.717) is 0 Å². The van der Waals surface area contributed by atoms with Crippen LogP contribution in [0.4, 0.5) is 34.1 Å². The van der Waals surface area contributed by atoms with Gasteiger partial charge in [0.15, 0.2) is 0 Å². The molecule has 3 nitrogen and oxygen atoms in total. The van der Waals surface area contributed by atoms with Crippen LogP contribution in [-0.2, 0) is 5.41 Å². The molecular formula is C51H35BN2O. The number of fused-ring (bicyclic) bond motifs is 10. The smallest absolute Gasteiger partial charge is 0.252 e. The predicted octanol–water partition coefficient (Wildman–Crippen LogP) is 11.6. The van der Waals surface area contributed by atoms with Gasteiger partial charge in [-0.1, -0.05) is 129 Å². The first-order valence-corrected chi connectivity index (χ1v) is 19.2. The fourth-order valence-corrected chi connectivity index (χ4v) is 10.1. The molecule has 8 aromatic carbocycles. The molecule has 1 aromatic heterocycles. The minimum Gasteiger partial charge on any atom is -0.456 e. The number of nitrogens with zero attached hydrogens (tertiary/aromatic N) is 2. The van der Waals surface area contributed by atoms with Crippen LogP contribution in [0.25, 0.3) is 44.2 Å². The zero-order chi connectivity index (χ0) is 36.4. The van der Waals surface area contributed by atoms with E-state index in [0.717, 1.165) is 27.6 Å². The van der Waals surface area contributed by atoms with E-state index < -0.39 is 0 Å². The van der Waals surface area contributed by atoms with Gasteiger partial charge in [0.05, 0.1) is 5.69 Å². The van der Waals surface area contributed by atoms with Crippen LogP contribution in [-0.4, -0.2) is 6.71 Å². The number of para-hydroxylation sites is 3. The van der Waals surface area contributed by atoms with Gasteiger partial charge in [0.25, 0.3) is 6.71 Å². The van der Waals surface area contributed by atoms with Crippen LogP contribution in [0.5, 0.6) is 0 Å². The second-order valence-electron chi connectivity index (χ2n) is 15.7. The minimum absolute atomic E-state index is 0.0908. The summed E-state index contributed by atoms with van der Waals surface area (Å²) in [5.74, 6) is 0. The van der Waals surface area contributed by atoms with E-state index in [1.807, 2.05) is 12.1 Å². The lowest BCUT2D eigenvalue weighted by molar-refractivity contribution is 0.661. The Hall–Kier alpha value is -6.78. The van der Waals surface area contributed by atoms with Crippen LogP contribution in [0.15, 0.2) is 180 Å². The van der Waals surface area contributed by atoms with E-state index in [2.05, 4.69) is 187 Å². The zero-order valence-corrected chi connectivity index (χ0v) is 30.6. The van der Waals surface area contributed by atoms with Crippen LogP contribution in [0.3, 0.4) is 0 Å². The average molecular weight is 703 g/mol. The Morgan fingerprint density at radius 3 is 1.91 bits per heavy atom. The standard InChI is InChI=1S/C51H35BN2O/c1-51(2)39-19-5-3-16-35(39)37-18-12-24-44(49(37)51)54-43-23-9-7-21-41(43)52-40-20-6-8-22-42(40)53(45-25-13-26-46(54)50(45)52)34-15-11-14-32(30-34)33-28-29-48-38(31-33)36-17-4-10-27-47(36)55-48/h3-31H,1-2H3. The first-order valence-electron chi connectivity index (χ1n) is 19.2. The molecule has 4 heteroatoms. The number of furan rings is 1. The topological polar surface area (TPSA) is 19.6 Å². The fourth-order valence-electron chi connectivity index (χ4n) is 10.1. The van der Waals surface area contributed by atoms with Gasteiger partial charge in [-0.2, -0.15) is 0 Å². The Morgan fingerprint density at radius 1 is 0.455 bits per heavy atom. The van der Waals surface area contributed by atoms with Gasteiger partial charge in [0.2, 0.25) is 0 Å². The van der Waals surface area contributed by atoms with Crippen molar-refractivity contribution in [1.29, 1.82) is 0 Å². The van der Waals surface area contributed by atoms with Crippen molar-refractivity contribution in [3.05, 3.63) is 187 Å². The lowest BCUT2D eigenvalue weighted by Gasteiger charge is -2.44. The van der Waals surface area contributed by atoms with Gasteiger partial charge < -0.3 is 14.2 Å². The quantitative estimate of drug-likeness (QED) is 0.171. The molecule has 0 fully saturated rings. The fraction of sp³-hybridized carbons (Fsp3) is 0.0588. The van der Waals surface area contributed by atoms with Crippen molar-refractivity contribution in [3.8, 4) is 22.3 Å². The second kappa shape index (κ2) is 11.1. The molecule has 0 atom stereocenters. The minimum atomic E-state index is -0.159. The molecule has 0 N–H and O–H groups in total. The van der Waals surface area contributed by atoms with Gasteiger partial charge in [0.1, 0.15) is 11.2 Å². The van der Waals surface area contributed by atoms with Crippen LogP contribution in [0.1, 0.15) is 25.0 Å². The van der Waals surface area contributed by atoms with Crippen molar-refractivity contribution in [3.63, 3.8) is 0 Å². The third-order valence-electron chi connectivity index (χ3n) is 12.4. The van der Waals surface area contributed by atoms with Crippen molar-refractivity contribution in [2.45, 2.75) is 19.3 Å². The van der Waals surface area contributed by atoms with Gasteiger partial charge in [0, 0.05) is 44.6 Å². The average Bonchev–Trinajstić information content (AvgIpc) is 3.72. The van der Waals surface area contributed by atoms with E-state index in [1.54, 1.807) is 0 Å². The number of anilines is 6. The van der Waals surface area contributed by atoms with Crippen LogP contribution in [0.2, 0.25) is 0 Å². The van der Waals surface area contributed by atoms with Crippen molar-refractivity contribution in [2.24, 2.45) is 0 Å². The molecule has 1 aliphatic carbocycles. The molecule has 0 saturated carbocycles. The molecule has 9 aromatic rings. The molecule has 0 spiro atoms. The SMILES string of the molecule is CC1(C)c2ccccc2-c2cccc(N3c4ccccc4B4c5ccccc5N(c5cccc(-c6ccc7oc8ccccc8c7c6)c5)c5cccc3c54)c21. The van der Waals surface area contributed by atoms with Crippen molar-refractivity contribution in [1.82, 2.24) is 0 Å². The summed E-state index contributed by atoms with van der Waals surface area (Å²) in [5.41, 5.74) is 20.7. The number of benzene rings is 8. The summed E-state index contributed by atoms with van der Waals surface area (Å²) >= 11 is 0. The third-order valence-corrected chi connectivity index (χ3v) is 12.4. The van der Waals surface area contributed by atoms with Crippen LogP contribution in [0, 0.1) is 0 Å². The maximum Gasteiger partial charge on any atom is 0.252 e. The molecule has 2 aliphatic heterocycles. The van der Waals surface area contributed by atoms with Gasteiger partial charge in [-0.3, -0.25) is 0 Å². The summed E-state index contributed by atoms with van der Waals surface area (Å²) in [6.45, 7) is 4.86. The normalized spacial score (nSPS) is 14.4. The molecule has 55 heavy (non-hydrogen) atoms. The Morgan fingerprint density at radius 2 is 1.05 bits per heavy atom. The molecule has 3 heterocycles. The summed E-state index contributed by atoms with van der Waals surface area (Å²) in [6.07, 6.45) is 0. The van der Waals surface area contributed by atoms with Gasteiger partial charge in [-0.15, -0.1) is 0 Å². The van der Waals surface area contributed by atoms with E-state index in [4.69, 9.17) is 4.42 Å². The summed E-state index contributed by atoms with van der Waals surface area (Å²) in [4.78, 5) is 5.05. The lowest BCUT2D eigenvalue weighted by Crippen LogP contribution is -2.61. The largest absolute Gasteiger partial charge is 0.456 e. The highest BCUT2D eigenvalue weighted by molar-refractivity contribution is 7.00. The Bertz CT molecular complexity index is 3070. The second-order valence-corrected chi connectivity index (χ2v) is 15.7. The summed E-state index contributed by atoms with van der Waals surface area (Å²) < 4.78 is 6.18. The number of rotatable bonds is 3. The maximum absolute atomic E-state index is 6.18. The van der Waals surface area contributed by atoms with Gasteiger partial charge in [-0.25, -0.2) is 0 Å². The monoisotopic (exact) mass is 702 g/mol. The molecule has 0 radical (unpaired) electrons. The first kappa shape index (κ1) is 30.7. The molecule has 0 unspecified atom stereocenters. The Balaban J connectivity index is 1.07. The Labute approximate surface area is 320 Å². The third kappa shape index (κ3) is 4.17. The van der Waals surface area contributed by atoms with Crippen molar-refractivity contribution in [2.75, 3.05) is 9.80 Å². The molecule has 258 valence electrons. The van der Waals surface area contributed by atoms with E-state index in [1.165, 1.54) is 78.2 Å². The van der Waals surface area contributed by atoms with Gasteiger partial charge in [-0.05, 0) is 110 Å². The highest BCUT2D eigenvalue weighted by atomic mass is 16.3. The van der Waals surface area contributed by atoms with E-state index in [-0.39, 0.29) is 12.1 Å². The summed E-state index contributed by atoms with van der Waals surface area (Å²) in [5, 5.41) is 2.28.